The Kier molecular flexibility index (Phi) is 2.45. The third-order valence-corrected chi connectivity index (χ3v) is 2.24. The number of nitrogens with zero attached hydrogens (tertiary/aromatic N) is 1. The number of rotatable bonds is 2. The van der Waals surface area contributed by atoms with Gasteiger partial charge >= 0.3 is 0 Å². The Morgan fingerprint density at radius 3 is 3.08 bits per heavy atom. The summed E-state index contributed by atoms with van der Waals surface area (Å²) < 4.78 is 0. The number of aromatic amines is 1. The minimum atomic E-state index is 0.861. The summed E-state index contributed by atoms with van der Waals surface area (Å²) in [6.07, 6.45) is 4.07. The molecular weight excluding hydrogens is 228 g/mol. The van der Waals surface area contributed by atoms with E-state index in [0.717, 1.165) is 16.5 Å². The van der Waals surface area contributed by atoms with Gasteiger partial charge in [-0.2, -0.15) is 5.10 Å². The third-order valence-electron chi connectivity index (χ3n) is 1.86. The number of nitrogens with one attached hydrogen (secondary N) is 1. The highest BCUT2D eigenvalue weighted by molar-refractivity contribution is 9.09. The molecule has 2 nitrogen and oxygen atoms in total. The van der Waals surface area contributed by atoms with Crippen LogP contribution in [0.5, 0.6) is 0 Å². The van der Waals surface area contributed by atoms with Crippen molar-refractivity contribution in [2.45, 2.75) is 0 Å². The topological polar surface area (TPSA) is 28.7 Å². The lowest BCUT2D eigenvalue weighted by Crippen LogP contribution is -1.71. The fourth-order valence-electron chi connectivity index (χ4n) is 1.27. The molecule has 0 saturated heterocycles. The van der Waals surface area contributed by atoms with Crippen molar-refractivity contribution in [3.63, 3.8) is 0 Å². The molecule has 0 saturated carbocycles. The van der Waals surface area contributed by atoms with Gasteiger partial charge in [0.1, 0.15) is 0 Å². The zero-order chi connectivity index (χ0) is 9.10. The fourth-order valence-corrected chi connectivity index (χ4v) is 1.46. The van der Waals surface area contributed by atoms with Gasteiger partial charge in [-0.25, -0.2) is 0 Å². The largest absolute Gasteiger partial charge is 0.277 e. The van der Waals surface area contributed by atoms with Crippen LogP contribution in [0.25, 0.3) is 17.0 Å². The van der Waals surface area contributed by atoms with Gasteiger partial charge in [-0.3, -0.25) is 5.10 Å². The smallest absolute Gasteiger partial charge is 0.0927 e. The van der Waals surface area contributed by atoms with E-state index in [0.29, 0.717) is 0 Å². The van der Waals surface area contributed by atoms with Gasteiger partial charge in [-0.1, -0.05) is 40.2 Å². The summed E-state index contributed by atoms with van der Waals surface area (Å²) in [6.45, 7) is 0. The highest BCUT2D eigenvalue weighted by Crippen LogP contribution is 2.15. The van der Waals surface area contributed by atoms with Gasteiger partial charge in [0.05, 0.1) is 11.2 Å². The van der Waals surface area contributed by atoms with Crippen LogP contribution in [-0.4, -0.2) is 15.5 Å². The zero-order valence-electron chi connectivity index (χ0n) is 7.00. The third kappa shape index (κ3) is 1.65. The number of halogens is 1. The van der Waals surface area contributed by atoms with Crippen LogP contribution >= 0.6 is 15.9 Å². The maximum atomic E-state index is 4.18. The number of hydrogen-bond donors (Lipinski definition) is 1. The van der Waals surface area contributed by atoms with E-state index in [1.165, 1.54) is 5.39 Å². The molecule has 0 spiro atoms. The van der Waals surface area contributed by atoms with Crippen LogP contribution in [0.4, 0.5) is 0 Å². The van der Waals surface area contributed by atoms with E-state index in [9.17, 15) is 0 Å². The average molecular weight is 237 g/mol. The van der Waals surface area contributed by atoms with Crippen LogP contribution in [0.3, 0.4) is 0 Å². The van der Waals surface area contributed by atoms with Gasteiger partial charge in [-0.05, 0) is 12.1 Å². The summed E-state index contributed by atoms with van der Waals surface area (Å²) in [5.74, 6) is 0. The molecular formula is C10H9BrN2. The first kappa shape index (κ1) is 8.51. The minimum absolute atomic E-state index is 0.861. The molecule has 0 amide bonds. The molecule has 0 radical (unpaired) electrons. The van der Waals surface area contributed by atoms with E-state index in [1.54, 1.807) is 0 Å². The Hall–Kier alpha value is -1.09. The predicted molar refractivity (Wildman–Crippen MR) is 58.9 cm³/mol. The minimum Gasteiger partial charge on any atom is -0.277 e. The lowest BCUT2D eigenvalue weighted by molar-refractivity contribution is 1.11. The molecule has 2 aromatic rings. The van der Waals surface area contributed by atoms with Crippen molar-refractivity contribution >= 4 is 32.9 Å². The van der Waals surface area contributed by atoms with Gasteiger partial charge in [0, 0.05) is 10.7 Å². The molecule has 3 heteroatoms. The van der Waals surface area contributed by atoms with Gasteiger partial charge in [0.2, 0.25) is 0 Å². The van der Waals surface area contributed by atoms with E-state index >= 15 is 0 Å². The van der Waals surface area contributed by atoms with Crippen molar-refractivity contribution in [1.82, 2.24) is 10.2 Å². The number of aromatic nitrogens is 2. The zero-order valence-corrected chi connectivity index (χ0v) is 8.58. The van der Waals surface area contributed by atoms with Gasteiger partial charge in [-0.15, -0.1) is 0 Å². The molecule has 1 aromatic heterocycles. The number of para-hydroxylation sites is 1. The molecule has 66 valence electrons. The van der Waals surface area contributed by atoms with E-state index in [1.807, 2.05) is 30.4 Å². The highest BCUT2D eigenvalue weighted by Gasteiger charge is 1.99. The Labute approximate surface area is 84.8 Å². The highest BCUT2D eigenvalue weighted by atomic mass is 79.9. The maximum Gasteiger partial charge on any atom is 0.0927 e. The predicted octanol–water partition coefficient (Wildman–Crippen LogP) is 2.97. The van der Waals surface area contributed by atoms with Crippen LogP contribution in [0.1, 0.15) is 5.69 Å². The second-order valence-electron chi connectivity index (χ2n) is 2.71. The fraction of sp³-hybridized carbons (Fsp3) is 0.100. The quantitative estimate of drug-likeness (QED) is 0.799. The van der Waals surface area contributed by atoms with Gasteiger partial charge < -0.3 is 0 Å². The molecule has 13 heavy (non-hydrogen) atoms. The van der Waals surface area contributed by atoms with Crippen LogP contribution in [-0.2, 0) is 0 Å². The first-order chi connectivity index (χ1) is 6.42. The summed E-state index contributed by atoms with van der Waals surface area (Å²) >= 11 is 3.34. The van der Waals surface area contributed by atoms with Crippen LogP contribution in [0.15, 0.2) is 30.3 Å². The van der Waals surface area contributed by atoms with Crippen molar-refractivity contribution in [2.75, 3.05) is 5.33 Å². The molecule has 0 aliphatic carbocycles. The summed E-state index contributed by atoms with van der Waals surface area (Å²) in [5, 5.41) is 9.20. The first-order valence-electron chi connectivity index (χ1n) is 4.07. The number of alkyl halides is 1. The molecule has 1 aromatic carbocycles. The van der Waals surface area contributed by atoms with Crippen molar-refractivity contribution in [2.24, 2.45) is 0 Å². The van der Waals surface area contributed by atoms with Crippen molar-refractivity contribution < 1.29 is 0 Å². The number of H-pyrrole nitrogens is 1. The van der Waals surface area contributed by atoms with E-state index < -0.39 is 0 Å². The lowest BCUT2D eigenvalue weighted by atomic mass is 10.2. The van der Waals surface area contributed by atoms with Crippen LogP contribution in [0.2, 0.25) is 0 Å². The molecule has 0 fully saturated rings. The average Bonchev–Trinajstić information content (AvgIpc) is 2.58. The second kappa shape index (κ2) is 3.75. The van der Waals surface area contributed by atoms with Gasteiger partial charge in [0.15, 0.2) is 0 Å². The van der Waals surface area contributed by atoms with E-state index in [2.05, 4.69) is 32.2 Å². The maximum absolute atomic E-state index is 4.18. The normalized spacial score (nSPS) is 11.5. The number of allylic oxidation sites excluding steroid dienone is 1. The second-order valence-corrected chi connectivity index (χ2v) is 3.36. The standard InChI is InChI=1S/C10H9BrN2/c11-7-3-6-10-8-4-1-2-5-9(8)12-13-10/h1-6H,7H2,(H,12,13). The Morgan fingerprint density at radius 1 is 1.38 bits per heavy atom. The number of hydrogen-bond acceptors (Lipinski definition) is 1. The van der Waals surface area contributed by atoms with E-state index in [4.69, 9.17) is 0 Å². The Balaban J connectivity index is 2.52. The first-order valence-corrected chi connectivity index (χ1v) is 5.19. The van der Waals surface area contributed by atoms with Crippen molar-refractivity contribution in [1.29, 1.82) is 0 Å². The Bertz CT molecular complexity index is 431. The number of fused-ring (bicyclic) bond motifs is 1. The molecule has 0 atom stereocenters. The van der Waals surface area contributed by atoms with Crippen molar-refractivity contribution in [3.05, 3.63) is 36.0 Å². The summed E-state index contributed by atoms with van der Waals surface area (Å²) in [5.41, 5.74) is 2.08. The monoisotopic (exact) mass is 236 g/mol. The molecule has 0 bridgehead atoms. The summed E-state index contributed by atoms with van der Waals surface area (Å²) in [4.78, 5) is 0. The molecule has 1 heterocycles. The molecule has 0 aliphatic heterocycles. The molecule has 0 unspecified atom stereocenters. The molecule has 1 N–H and O–H groups in total. The van der Waals surface area contributed by atoms with E-state index in [-0.39, 0.29) is 0 Å². The Morgan fingerprint density at radius 2 is 2.23 bits per heavy atom. The van der Waals surface area contributed by atoms with Crippen molar-refractivity contribution in [3.8, 4) is 0 Å². The SMILES string of the molecule is BrCC=Cc1[nH]nc2ccccc12. The van der Waals surface area contributed by atoms with Crippen LogP contribution < -0.4 is 0 Å². The molecule has 0 aliphatic rings. The lowest BCUT2D eigenvalue weighted by Gasteiger charge is -1.87. The summed E-state index contributed by atoms with van der Waals surface area (Å²) in [7, 11) is 0. The summed E-state index contributed by atoms with van der Waals surface area (Å²) in [6, 6.07) is 8.06. The van der Waals surface area contributed by atoms with Gasteiger partial charge in [0.25, 0.3) is 0 Å². The van der Waals surface area contributed by atoms with Crippen LogP contribution in [0, 0.1) is 0 Å². The number of benzene rings is 1. The molecule has 2 rings (SSSR count).